The van der Waals surface area contributed by atoms with Gasteiger partial charge in [0.1, 0.15) is 11.4 Å². The Morgan fingerprint density at radius 2 is 1.94 bits per heavy atom. The molecule has 0 radical (unpaired) electrons. The number of halogens is 4. The van der Waals surface area contributed by atoms with Gasteiger partial charge in [0, 0.05) is 6.42 Å². The highest BCUT2D eigenvalue weighted by molar-refractivity contribution is 6.67. The third kappa shape index (κ3) is 4.38. The number of methoxy groups -OCH3 is 1. The fraction of sp³-hybridized carbons (Fsp3) is 0.455. The average molecular weight is 318 g/mol. The van der Waals surface area contributed by atoms with Crippen LogP contribution in [0, 0.1) is 0 Å². The van der Waals surface area contributed by atoms with Gasteiger partial charge in [-0.15, -0.1) is 11.6 Å². The van der Waals surface area contributed by atoms with E-state index in [4.69, 9.17) is 51.1 Å². The molecular weight excluding hydrogens is 306 g/mol. The molecule has 0 saturated heterocycles. The number of aliphatic hydroxyl groups is 1. The van der Waals surface area contributed by atoms with E-state index in [0.717, 1.165) is 0 Å². The smallest absolute Gasteiger partial charge is 0.193 e. The van der Waals surface area contributed by atoms with Gasteiger partial charge in [-0.2, -0.15) is 0 Å². The molecule has 0 amide bonds. The molecule has 17 heavy (non-hydrogen) atoms. The summed E-state index contributed by atoms with van der Waals surface area (Å²) in [4.78, 5) is 0. The third-order valence-corrected chi connectivity index (χ3v) is 3.16. The Bertz CT molecular complexity index is 378. The molecule has 1 rings (SSSR count). The number of rotatable bonds is 4. The van der Waals surface area contributed by atoms with E-state index in [2.05, 4.69) is 0 Å². The zero-order chi connectivity index (χ0) is 13.1. The van der Waals surface area contributed by atoms with Crippen molar-refractivity contribution in [3.63, 3.8) is 0 Å². The molecule has 0 aliphatic rings. The van der Waals surface area contributed by atoms with Gasteiger partial charge in [0.05, 0.1) is 13.0 Å². The molecule has 1 atom stereocenters. The van der Waals surface area contributed by atoms with Crippen molar-refractivity contribution in [1.29, 1.82) is 0 Å². The summed E-state index contributed by atoms with van der Waals surface area (Å²) in [6.07, 6.45) is -0.0959. The normalized spacial score (nSPS) is 15.4. The number of hydrogen-bond donors (Lipinski definition) is 1. The number of hydrogen-bond acceptors (Lipinski definition) is 2. The van der Waals surface area contributed by atoms with E-state index in [-0.39, 0.29) is 12.3 Å². The standard InChI is InChI=1S/C11H12Cl4O2/c1-17-9-4-2-3-8(5-9)10(16,7-12)6-11(13,14)15/h2-5,16H,6-7H2,1H3. The minimum atomic E-state index is -1.58. The molecule has 6 heteroatoms. The van der Waals surface area contributed by atoms with E-state index in [1.807, 2.05) is 0 Å². The summed E-state index contributed by atoms with van der Waals surface area (Å²) in [7, 11) is 1.54. The lowest BCUT2D eigenvalue weighted by Crippen LogP contribution is -2.32. The maximum atomic E-state index is 10.4. The summed E-state index contributed by atoms with van der Waals surface area (Å²) in [5.74, 6) is 0.531. The van der Waals surface area contributed by atoms with E-state index >= 15 is 0 Å². The second-order valence-electron chi connectivity index (χ2n) is 3.69. The molecule has 0 aromatic heterocycles. The molecule has 1 N–H and O–H groups in total. The van der Waals surface area contributed by atoms with Crippen molar-refractivity contribution in [1.82, 2.24) is 0 Å². The van der Waals surface area contributed by atoms with Crippen molar-refractivity contribution in [3.05, 3.63) is 29.8 Å². The van der Waals surface area contributed by atoms with Gasteiger partial charge in [-0.05, 0) is 17.7 Å². The number of ether oxygens (including phenoxy) is 1. The zero-order valence-corrected chi connectivity index (χ0v) is 12.1. The topological polar surface area (TPSA) is 29.5 Å². The molecule has 1 aromatic carbocycles. The van der Waals surface area contributed by atoms with Gasteiger partial charge in [-0.3, -0.25) is 0 Å². The first-order valence-corrected chi connectivity index (χ1v) is 6.47. The van der Waals surface area contributed by atoms with Crippen molar-refractivity contribution >= 4 is 46.4 Å². The van der Waals surface area contributed by atoms with E-state index in [9.17, 15) is 5.11 Å². The van der Waals surface area contributed by atoms with Crippen LogP contribution in [0.25, 0.3) is 0 Å². The molecular formula is C11H12Cl4O2. The van der Waals surface area contributed by atoms with Crippen LogP contribution in [0.15, 0.2) is 24.3 Å². The molecule has 0 saturated carbocycles. The van der Waals surface area contributed by atoms with Gasteiger partial charge in [0.2, 0.25) is 0 Å². The van der Waals surface area contributed by atoms with Crippen molar-refractivity contribution in [2.75, 3.05) is 13.0 Å². The summed E-state index contributed by atoms with van der Waals surface area (Å²) in [5, 5.41) is 10.4. The Labute approximate surface area is 120 Å². The van der Waals surface area contributed by atoms with Gasteiger partial charge in [-0.25, -0.2) is 0 Å². The first-order valence-electron chi connectivity index (χ1n) is 4.80. The van der Waals surface area contributed by atoms with Gasteiger partial charge in [0.15, 0.2) is 3.79 Å². The van der Waals surface area contributed by atoms with Crippen LogP contribution in [-0.2, 0) is 5.60 Å². The predicted molar refractivity (Wildman–Crippen MR) is 72.5 cm³/mol. The van der Waals surface area contributed by atoms with Crippen LogP contribution >= 0.6 is 46.4 Å². The van der Waals surface area contributed by atoms with E-state index in [0.29, 0.717) is 11.3 Å². The van der Waals surface area contributed by atoms with Gasteiger partial charge < -0.3 is 9.84 Å². The summed E-state index contributed by atoms with van der Waals surface area (Å²) in [6, 6.07) is 6.87. The van der Waals surface area contributed by atoms with Crippen LogP contribution < -0.4 is 4.74 Å². The Hall–Kier alpha value is 0.140. The lowest BCUT2D eigenvalue weighted by Gasteiger charge is -2.29. The summed E-state index contributed by atoms with van der Waals surface area (Å²) in [5.41, 5.74) is -0.848. The third-order valence-electron chi connectivity index (χ3n) is 2.32. The fourth-order valence-electron chi connectivity index (χ4n) is 1.47. The minimum absolute atomic E-state index is 0.0753. The van der Waals surface area contributed by atoms with Gasteiger partial charge >= 0.3 is 0 Å². The second-order valence-corrected chi connectivity index (χ2v) is 6.47. The molecule has 1 aromatic rings. The van der Waals surface area contributed by atoms with Crippen LogP contribution in [-0.4, -0.2) is 21.9 Å². The van der Waals surface area contributed by atoms with E-state index < -0.39 is 9.39 Å². The highest BCUT2D eigenvalue weighted by atomic mass is 35.6. The van der Waals surface area contributed by atoms with Crippen molar-refractivity contribution in [2.45, 2.75) is 15.8 Å². The van der Waals surface area contributed by atoms with Crippen molar-refractivity contribution in [3.8, 4) is 5.75 Å². The average Bonchev–Trinajstić information content (AvgIpc) is 2.27. The lowest BCUT2D eigenvalue weighted by molar-refractivity contribution is 0.0526. The van der Waals surface area contributed by atoms with E-state index in [1.165, 1.54) is 7.11 Å². The summed E-state index contributed by atoms with van der Waals surface area (Å²) in [6.45, 7) is 0. The van der Waals surface area contributed by atoms with Gasteiger partial charge in [0.25, 0.3) is 0 Å². The highest BCUT2D eigenvalue weighted by Crippen LogP contribution is 2.41. The van der Waals surface area contributed by atoms with Crippen molar-refractivity contribution in [2.24, 2.45) is 0 Å². The maximum absolute atomic E-state index is 10.4. The monoisotopic (exact) mass is 316 g/mol. The molecule has 0 heterocycles. The first-order chi connectivity index (χ1) is 7.80. The maximum Gasteiger partial charge on any atom is 0.193 e. The molecule has 0 spiro atoms. The van der Waals surface area contributed by atoms with Crippen LogP contribution in [0.4, 0.5) is 0 Å². The molecule has 2 nitrogen and oxygen atoms in total. The molecule has 1 unspecified atom stereocenters. The Morgan fingerprint density at radius 3 is 2.41 bits per heavy atom. The first kappa shape index (κ1) is 15.2. The summed E-state index contributed by atoms with van der Waals surface area (Å²) < 4.78 is 3.49. The van der Waals surface area contributed by atoms with Crippen LogP contribution in [0.2, 0.25) is 0 Å². The predicted octanol–water partition coefficient (Wildman–Crippen LogP) is 3.88. The molecule has 0 bridgehead atoms. The molecule has 0 aliphatic carbocycles. The lowest BCUT2D eigenvalue weighted by atomic mass is 9.93. The largest absolute Gasteiger partial charge is 0.497 e. The quantitative estimate of drug-likeness (QED) is 0.854. The minimum Gasteiger partial charge on any atom is -0.497 e. The summed E-state index contributed by atoms with van der Waals surface area (Å²) >= 11 is 22.9. The van der Waals surface area contributed by atoms with E-state index in [1.54, 1.807) is 24.3 Å². The molecule has 0 fully saturated rings. The molecule has 0 aliphatic heterocycles. The number of benzene rings is 1. The zero-order valence-electron chi connectivity index (χ0n) is 9.09. The van der Waals surface area contributed by atoms with Crippen LogP contribution in [0.1, 0.15) is 12.0 Å². The second kappa shape index (κ2) is 5.85. The fourth-order valence-corrected chi connectivity index (χ4v) is 2.38. The molecule has 96 valence electrons. The van der Waals surface area contributed by atoms with Gasteiger partial charge in [-0.1, -0.05) is 46.9 Å². The van der Waals surface area contributed by atoms with Crippen LogP contribution in [0.3, 0.4) is 0 Å². The Kier molecular flexibility index (Phi) is 5.23. The Morgan fingerprint density at radius 1 is 1.29 bits per heavy atom. The Balaban J connectivity index is 3.06. The van der Waals surface area contributed by atoms with Crippen LogP contribution in [0.5, 0.6) is 5.75 Å². The number of alkyl halides is 4. The van der Waals surface area contributed by atoms with Crippen molar-refractivity contribution < 1.29 is 9.84 Å². The highest BCUT2D eigenvalue weighted by Gasteiger charge is 2.37. The SMILES string of the molecule is COc1cccc(C(O)(CCl)CC(Cl)(Cl)Cl)c1.